The summed E-state index contributed by atoms with van der Waals surface area (Å²) in [5.41, 5.74) is 0.948. The maximum Gasteiger partial charge on any atom is 0.255 e. The van der Waals surface area contributed by atoms with Crippen LogP contribution in [0.2, 0.25) is 0 Å². The third kappa shape index (κ3) is 1.84. The topological polar surface area (TPSA) is 27.8 Å². The molecular weight excluding hydrogens is 186 g/mol. The van der Waals surface area contributed by atoms with Crippen LogP contribution in [0.5, 0.6) is 0 Å². The first-order chi connectivity index (χ1) is 6.75. The number of aromatic amines is 1. The molecule has 2 nitrogen and oxygen atoms in total. The van der Waals surface area contributed by atoms with Gasteiger partial charge in [0.15, 0.2) is 0 Å². The van der Waals surface area contributed by atoms with E-state index in [1.807, 2.05) is 30.3 Å². The van der Waals surface area contributed by atoms with Crippen molar-refractivity contribution in [1.82, 2.24) is 4.98 Å². The fourth-order valence-corrected chi connectivity index (χ4v) is 1.36. The Morgan fingerprint density at radius 2 is 2.07 bits per heavy atom. The summed E-state index contributed by atoms with van der Waals surface area (Å²) in [6.45, 7) is -0.327. The van der Waals surface area contributed by atoms with Gasteiger partial charge in [0.05, 0.1) is 6.54 Å². The SMILES string of the molecule is FC(F)CNc1cc2ccccc2[nH]1. The number of aromatic nitrogens is 1. The summed E-state index contributed by atoms with van der Waals surface area (Å²) >= 11 is 0. The van der Waals surface area contributed by atoms with Crippen LogP contribution in [-0.2, 0) is 0 Å². The molecule has 0 unspecified atom stereocenters. The Labute approximate surface area is 79.9 Å². The fraction of sp³-hybridized carbons (Fsp3) is 0.200. The second-order valence-corrected chi connectivity index (χ2v) is 3.04. The van der Waals surface area contributed by atoms with Crippen LogP contribution in [0.25, 0.3) is 10.9 Å². The van der Waals surface area contributed by atoms with Crippen molar-refractivity contribution < 1.29 is 8.78 Å². The number of halogens is 2. The zero-order chi connectivity index (χ0) is 9.97. The predicted molar refractivity (Wildman–Crippen MR) is 52.8 cm³/mol. The van der Waals surface area contributed by atoms with E-state index < -0.39 is 6.43 Å². The molecule has 14 heavy (non-hydrogen) atoms. The van der Waals surface area contributed by atoms with Crippen LogP contribution in [0.1, 0.15) is 0 Å². The largest absolute Gasteiger partial charge is 0.366 e. The molecule has 4 heteroatoms. The summed E-state index contributed by atoms with van der Waals surface area (Å²) in [5.74, 6) is 0.631. The molecule has 0 fully saturated rings. The van der Waals surface area contributed by atoms with Gasteiger partial charge in [-0.15, -0.1) is 0 Å². The van der Waals surface area contributed by atoms with Crippen LogP contribution in [0.15, 0.2) is 30.3 Å². The van der Waals surface area contributed by atoms with E-state index in [9.17, 15) is 8.78 Å². The first-order valence-electron chi connectivity index (χ1n) is 4.35. The van der Waals surface area contributed by atoms with E-state index in [1.165, 1.54) is 0 Å². The normalized spacial score (nSPS) is 11.1. The molecular formula is C10H10F2N2. The van der Waals surface area contributed by atoms with Crippen LogP contribution in [0.4, 0.5) is 14.6 Å². The number of hydrogen-bond acceptors (Lipinski definition) is 1. The zero-order valence-electron chi connectivity index (χ0n) is 7.43. The van der Waals surface area contributed by atoms with Crippen molar-refractivity contribution in [2.45, 2.75) is 6.43 Å². The van der Waals surface area contributed by atoms with Crippen molar-refractivity contribution in [2.75, 3.05) is 11.9 Å². The van der Waals surface area contributed by atoms with Gasteiger partial charge in [-0.25, -0.2) is 8.78 Å². The minimum Gasteiger partial charge on any atom is -0.366 e. The summed E-state index contributed by atoms with van der Waals surface area (Å²) in [7, 11) is 0. The van der Waals surface area contributed by atoms with E-state index in [1.54, 1.807) is 0 Å². The Hall–Kier alpha value is -1.58. The minimum atomic E-state index is -2.33. The third-order valence-electron chi connectivity index (χ3n) is 1.98. The highest BCUT2D eigenvalue weighted by Gasteiger charge is 2.03. The highest BCUT2D eigenvalue weighted by atomic mass is 19.3. The molecule has 0 amide bonds. The molecule has 0 aliphatic heterocycles. The Kier molecular flexibility index (Phi) is 2.35. The number of H-pyrrole nitrogens is 1. The molecule has 0 bridgehead atoms. The van der Waals surface area contributed by atoms with Gasteiger partial charge in [0.1, 0.15) is 5.82 Å². The average molecular weight is 196 g/mol. The Balaban J connectivity index is 2.19. The number of benzene rings is 1. The van der Waals surface area contributed by atoms with Crippen LogP contribution < -0.4 is 5.32 Å². The molecule has 1 aromatic heterocycles. The van der Waals surface area contributed by atoms with Gasteiger partial charge in [-0.3, -0.25) is 0 Å². The van der Waals surface area contributed by atoms with Crippen LogP contribution >= 0.6 is 0 Å². The molecule has 0 saturated heterocycles. The van der Waals surface area contributed by atoms with Gasteiger partial charge in [-0.05, 0) is 12.1 Å². The Morgan fingerprint density at radius 1 is 1.29 bits per heavy atom. The smallest absolute Gasteiger partial charge is 0.255 e. The van der Waals surface area contributed by atoms with E-state index in [0.717, 1.165) is 10.9 Å². The molecule has 74 valence electrons. The lowest BCUT2D eigenvalue weighted by Crippen LogP contribution is -2.10. The molecule has 2 aromatic rings. The lowest BCUT2D eigenvalue weighted by molar-refractivity contribution is 0.163. The van der Waals surface area contributed by atoms with Gasteiger partial charge in [-0.1, -0.05) is 18.2 Å². The molecule has 1 aromatic carbocycles. The van der Waals surface area contributed by atoms with Crippen molar-refractivity contribution in [2.24, 2.45) is 0 Å². The van der Waals surface area contributed by atoms with Gasteiger partial charge in [-0.2, -0.15) is 0 Å². The van der Waals surface area contributed by atoms with E-state index in [2.05, 4.69) is 10.3 Å². The summed E-state index contributed by atoms with van der Waals surface area (Å²) in [6.07, 6.45) is -2.33. The summed E-state index contributed by atoms with van der Waals surface area (Å²) < 4.78 is 23.8. The summed E-state index contributed by atoms with van der Waals surface area (Å²) in [4.78, 5) is 3.01. The maximum atomic E-state index is 11.9. The second-order valence-electron chi connectivity index (χ2n) is 3.04. The average Bonchev–Trinajstić information content (AvgIpc) is 2.57. The van der Waals surface area contributed by atoms with E-state index in [0.29, 0.717) is 5.82 Å². The van der Waals surface area contributed by atoms with Crippen LogP contribution in [-0.4, -0.2) is 18.0 Å². The number of alkyl halides is 2. The monoisotopic (exact) mass is 196 g/mol. The molecule has 0 atom stereocenters. The van der Waals surface area contributed by atoms with Gasteiger partial charge < -0.3 is 10.3 Å². The first-order valence-corrected chi connectivity index (χ1v) is 4.35. The highest BCUT2D eigenvalue weighted by molar-refractivity contribution is 5.83. The van der Waals surface area contributed by atoms with Gasteiger partial charge in [0.25, 0.3) is 6.43 Å². The molecule has 0 radical (unpaired) electrons. The van der Waals surface area contributed by atoms with Crippen LogP contribution in [0.3, 0.4) is 0 Å². The van der Waals surface area contributed by atoms with Gasteiger partial charge in [0, 0.05) is 10.9 Å². The molecule has 1 heterocycles. The molecule has 0 saturated carbocycles. The summed E-state index contributed by atoms with van der Waals surface area (Å²) in [5, 5.41) is 3.65. The van der Waals surface area contributed by atoms with E-state index in [4.69, 9.17) is 0 Å². The predicted octanol–water partition coefficient (Wildman–Crippen LogP) is 2.84. The standard InChI is InChI=1S/C10H10F2N2/c11-9(12)6-13-10-5-7-3-1-2-4-8(7)14-10/h1-5,9,13-14H,6H2. The molecule has 2 N–H and O–H groups in total. The van der Waals surface area contributed by atoms with E-state index >= 15 is 0 Å². The van der Waals surface area contributed by atoms with Crippen molar-refractivity contribution >= 4 is 16.7 Å². The number of fused-ring (bicyclic) bond motifs is 1. The van der Waals surface area contributed by atoms with Crippen molar-refractivity contribution in [3.63, 3.8) is 0 Å². The van der Waals surface area contributed by atoms with Crippen molar-refractivity contribution in [1.29, 1.82) is 0 Å². The van der Waals surface area contributed by atoms with Crippen molar-refractivity contribution in [3.8, 4) is 0 Å². The maximum absolute atomic E-state index is 11.9. The molecule has 0 aliphatic carbocycles. The van der Waals surface area contributed by atoms with Gasteiger partial charge >= 0.3 is 0 Å². The minimum absolute atomic E-state index is 0.327. The van der Waals surface area contributed by atoms with Crippen LogP contribution in [0, 0.1) is 0 Å². The summed E-state index contributed by atoms with van der Waals surface area (Å²) in [6, 6.07) is 9.46. The number of para-hydroxylation sites is 1. The number of hydrogen-bond donors (Lipinski definition) is 2. The zero-order valence-corrected chi connectivity index (χ0v) is 7.43. The third-order valence-corrected chi connectivity index (χ3v) is 1.98. The van der Waals surface area contributed by atoms with Crippen molar-refractivity contribution in [3.05, 3.63) is 30.3 Å². The highest BCUT2D eigenvalue weighted by Crippen LogP contribution is 2.17. The lowest BCUT2D eigenvalue weighted by Gasteiger charge is -2.00. The number of nitrogens with one attached hydrogen (secondary N) is 2. The number of rotatable bonds is 3. The number of anilines is 1. The lowest BCUT2D eigenvalue weighted by atomic mass is 10.2. The Morgan fingerprint density at radius 3 is 2.79 bits per heavy atom. The quantitative estimate of drug-likeness (QED) is 0.776. The van der Waals surface area contributed by atoms with E-state index in [-0.39, 0.29) is 6.54 Å². The molecule has 0 aliphatic rings. The first kappa shape index (κ1) is 8.99. The Bertz CT molecular complexity index is 390. The molecule has 0 spiro atoms. The second kappa shape index (κ2) is 3.65. The molecule has 2 rings (SSSR count). The van der Waals surface area contributed by atoms with Gasteiger partial charge in [0.2, 0.25) is 0 Å². The fourth-order valence-electron chi connectivity index (χ4n) is 1.36.